The van der Waals surface area contributed by atoms with E-state index in [2.05, 4.69) is 20.4 Å². The number of piperazine rings is 1. The quantitative estimate of drug-likeness (QED) is 0.0884. The van der Waals surface area contributed by atoms with E-state index in [-0.39, 0.29) is 43.1 Å². The fourth-order valence-corrected chi connectivity index (χ4v) is 10.00. The zero-order chi connectivity index (χ0) is 49.3. The van der Waals surface area contributed by atoms with Gasteiger partial charge in [0.1, 0.15) is 24.2 Å². The van der Waals surface area contributed by atoms with Gasteiger partial charge in [-0.1, -0.05) is 30.3 Å². The number of aromatic nitrogens is 6. The molecule has 2 aliphatic heterocycles. The third-order valence-corrected chi connectivity index (χ3v) is 14.2. The third-order valence-electron chi connectivity index (χ3n) is 14.2. The second-order valence-electron chi connectivity index (χ2n) is 18.6. The van der Waals surface area contributed by atoms with Gasteiger partial charge in [0.2, 0.25) is 17.6 Å². The number of carbonyl (C=O) groups excluding carboxylic acids is 3. The third kappa shape index (κ3) is 9.82. The molecule has 16 nitrogen and oxygen atoms in total. The van der Waals surface area contributed by atoms with Crippen molar-refractivity contribution in [3.63, 3.8) is 0 Å². The molecule has 10 rings (SSSR count). The number of piperidine rings is 1. The molecule has 2 N–H and O–H groups in total. The van der Waals surface area contributed by atoms with E-state index in [1.54, 1.807) is 42.1 Å². The van der Waals surface area contributed by atoms with Crippen molar-refractivity contribution in [2.24, 2.45) is 13.0 Å². The molecule has 7 aromatic rings. The predicted octanol–water partition coefficient (Wildman–Crippen LogP) is 6.66. The van der Waals surface area contributed by atoms with E-state index in [1.165, 1.54) is 11.7 Å². The molecule has 4 aromatic carbocycles. The van der Waals surface area contributed by atoms with Crippen molar-refractivity contribution in [1.29, 1.82) is 0 Å². The zero-order valence-corrected chi connectivity index (χ0v) is 39.4. The van der Waals surface area contributed by atoms with Crippen LogP contribution in [0.4, 0.5) is 19.0 Å². The van der Waals surface area contributed by atoms with Gasteiger partial charge in [0, 0.05) is 69.9 Å². The maximum Gasteiger partial charge on any atom is 0.329 e. The Labute approximate surface area is 406 Å². The molecule has 3 aliphatic rings. The van der Waals surface area contributed by atoms with E-state index in [1.807, 2.05) is 53.5 Å². The van der Waals surface area contributed by atoms with Crippen LogP contribution in [0, 0.1) is 23.4 Å². The number of methoxy groups -OCH3 is 1. The van der Waals surface area contributed by atoms with Crippen LogP contribution in [0.2, 0.25) is 0 Å². The van der Waals surface area contributed by atoms with Crippen LogP contribution in [-0.4, -0.2) is 97.9 Å². The first-order valence-electron chi connectivity index (χ1n) is 23.9. The zero-order valence-electron chi connectivity index (χ0n) is 39.4. The molecule has 1 aliphatic carbocycles. The van der Waals surface area contributed by atoms with Gasteiger partial charge in [-0.2, -0.15) is 9.49 Å². The van der Waals surface area contributed by atoms with Gasteiger partial charge in [0.15, 0.2) is 17.4 Å². The van der Waals surface area contributed by atoms with Crippen LogP contribution in [0.1, 0.15) is 72.1 Å². The second kappa shape index (κ2) is 20.1. The van der Waals surface area contributed by atoms with Crippen molar-refractivity contribution in [2.75, 3.05) is 51.3 Å². The molecule has 3 amide bonds. The highest BCUT2D eigenvalue weighted by molar-refractivity contribution is 6.00. The number of fused-ring (bicyclic) bond motifs is 2. The number of nitrogens with zero attached hydrogens (tertiary/aromatic N) is 8. The van der Waals surface area contributed by atoms with Gasteiger partial charge in [-0.05, 0) is 92.0 Å². The molecule has 0 radical (unpaired) electrons. The SMILES string of the molecule is COc1ccc(COc2c(F)cc(C(=O)NC[C@H]3CC[C@H](n4cc5ccc(-c6cnc(N7CCN(CCc8ccc9c(c8)n(C)c(=O)n9C8CCC(=O)NC8=O)CC7)cn6)cc5n4)CC3)c(F)c2F)cc1. The Morgan fingerprint density at radius 2 is 1.62 bits per heavy atom. The van der Waals surface area contributed by atoms with E-state index < -0.39 is 46.6 Å². The molecule has 0 spiro atoms. The predicted molar refractivity (Wildman–Crippen MR) is 259 cm³/mol. The normalized spacial score (nSPS) is 18.8. The summed E-state index contributed by atoms with van der Waals surface area (Å²) in [5, 5.41) is 11.0. The monoisotopic (exact) mass is 970 g/mol. The minimum Gasteiger partial charge on any atom is -0.497 e. The molecule has 3 aromatic heterocycles. The Balaban J connectivity index is 0.683. The standard InChI is InChI=1S/C52H53F3N10O6/c1-61-44-23-31(7-14-42(44)65(52(61)69)43-15-16-46(66)59-51(43)68)17-18-62-19-21-63(22-20-62)45-28-56-41(27-57-45)34-8-9-35-29-64(60-40(35)24-34)36-10-3-32(4-11-36)26-58-50(67)38-25-39(53)49(48(55)47(38)54)71-30-33-5-12-37(70-2)13-6-33/h5-9,12-14,23-25,27-29,32,36,43H,3-4,10-11,15-22,26,30H2,1-2H3,(H,58,67)(H,59,66,68)/t32-,36-,43?. The number of imidazole rings is 1. The van der Waals surface area contributed by atoms with Crippen LogP contribution < -0.4 is 30.7 Å². The fourth-order valence-electron chi connectivity index (χ4n) is 10.00. The van der Waals surface area contributed by atoms with Crippen LogP contribution >= 0.6 is 0 Å². The fraction of sp³-hybridized carbons (Fsp3) is 0.365. The van der Waals surface area contributed by atoms with E-state index >= 15 is 4.39 Å². The average molecular weight is 971 g/mol. The van der Waals surface area contributed by atoms with Crippen LogP contribution in [-0.2, 0) is 29.7 Å². The molecule has 3 fully saturated rings. The Morgan fingerprint density at radius 3 is 2.35 bits per heavy atom. The van der Waals surface area contributed by atoms with Gasteiger partial charge in [-0.3, -0.25) is 43.4 Å². The number of aryl methyl sites for hydroxylation is 1. The summed E-state index contributed by atoms with van der Waals surface area (Å²) in [5.41, 5.74) is 4.63. The number of carbonyl (C=O) groups is 3. The molecule has 2 saturated heterocycles. The number of hydrogen-bond acceptors (Lipinski definition) is 11. The van der Waals surface area contributed by atoms with Crippen molar-refractivity contribution in [1.82, 2.24) is 44.4 Å². The second-order valence-corrected chi connectivity index (χ2v) is 18.6. The summed E-state index contributed by atoms with van der Waals surface area (Å²) < 4.78 is 60.3. The first-order chi connectivity index (χ1) is 34.4. The summed E-state index contributed by atoms with van der Waals surface area (Å²) in [6.45, 7) is 4.21. The molecule has 368 valence electrons. The van der Waals surface area contributed by atoms with Crippen molar-refractivity contribution in [3.05, 3.63) is 130 Å². The average Bonchev–Trinajstić information content (AvgIpc) is 3.93. The van der Waals surface area contributed by atoms with Gasteiger partial charge in [0.25, 0.3) is 5.91 Å². The lowest BCUT2D eigenvalue weighted by atomic mass is 9.86. The number of imide groups is 1. The Hall–Kier alpha value is -7.54. The summed E-state index contributed by atoms with van der Waals surface area (Å²) in [6, 6.07) is 18.8. The first-order valence-corrected chi connectivity index (χ1v) is 23.9. The van der Waals surface area contributed by atoms with Crippen molar-refractivity contribution >= 4 is 45.5 Å². The molecule has 1 unspecified atom stereocenters. The Kier molecular flexibility index (Phi) is 13.3. The summed E-state index contributed by atoms with van der Waals surface area (Å²) in [5.74, 6) is -5.22. The molecule has 1 atom stereocenters. The number of benzene rings is 4. The number of nitrogens with one attached hydrogen (secondary N) is 2. The highest BCUT2D eigenvalue weighted by atomic mass is 19.2. The first kappa shape index (κ1) is 47.2. The summed E-state index contributed by atoms with van der Waals surface area (Å²) in [6.07, 6.45) is 10.1. The highest BCUT2D eigenvalue weighted by Crippen LogP contribution is 2.34. The van der Waals surface area contributed by atoms with E-state index in [0.29, 0.717) is 29.3 Å². The molecule has 5 heterocycles. The van der Waals surface area contributed by atoms with Gasteiger partial charge >= 0.3 is 5.69 Å². The van der Waals surface area contributed by atoms with Crippen molar-refractivity contribution in [2.45, 2.75) is 63.6 Å². The highest BCUT2D eigenvalue weighted by Gasteiger charge is 2.32. The van der Waals surface area contributed by atoms with E-state index in [4.69, 9.17) is 24.5 Å². The largest absolute Gasteiger partial charge is 0.497 e. The van der Waals surface area contributed by atoms with Gasteiger partial charge < -0.3 is 19.7 Å². The van der Waals surface area contributed by atoms with E-state index in [0.717, 1.165) is 104 Å². The maximum absolute atomic E-state index is 15.0. The van der Waals surface area contributed by atoms with Crippen LogP contribution in [0.5, 0.6) is 11.5 Å². The lowest BCUT2D eigenvalue weighted by Crippen LogP contribution is -2.47. The lowest BCUT2D eigenvalue weighted by molar-refractivity contribution is -0.135. The summed E-state index contributed by atoms with van der Waals surface area (Å²) >= 11 is 0. The Morgan fingerprint density at radius 1 is 0.845 bits per heavy atom. The van der Waals surface area contributed by atoms with Gasteiger partial charge in [-0.25, -0.2) is 18.6 Å². The van der Waals surface area contributed by atoms with Crippen LogP contribution in [0.25, 0.3) is 33.2 Å². The number of halogens is 3. The maximum atomic E-state index is 15.0. The van der Waals surface area contributed by atoms with Gasteiger partial charge in [-0.15, -0.1) is 0 Å². The van der Waals surface area contributed by atoms with Crippen LogP contribution in [0.3, 0.4) is 0 Å². The summed E-state index contributed by atoms with van der Waals surface area (Å²) in [7, 11) is 3.22. The smallest absolute Gasteiger partial charge is 0.329 e. The minimum absolute atomic E-state index is 0.102. The van der Waals surface area contributed by atoms with Crippen molar-refractivity contribution < 1.29 is 37.0 Å². The lowest BCUT2D eigenvalue weighted by Gasteiger charge is -2.35. The number of hydrogen-bond donors (Lipinski definition) is 2. The molecule has 0 bridgehead atoms. The minimum atomic E-state index is -1.56. The molecule has 1 saturated carbocycles. The Bertz CT molecular complexity index is 3190. The molecular weight excluding hydrogens is 918 g/mol. The molecule has 19 heteroatoms. The number of anilines is 1. The topological polar surface area (TPSA) is 171 Å². The summed E-state index contributed by atoms with van der Waals surface area (Å²) in [4.78, 5) is 64.6. The van der Waals surface area contributed by atoms with Crippen molar-refractivity contribution in [3.8, 4) is 22.8 Å². The number of ether oxygens (including phenoxy) is 2. The van der Waals surface area contributed by atoms with Crippen LogP contribution in [0.15, 0.2) is 90.1 Å². The number of rotatable bonds is 14. The van der Waals surface area contributed by atoms with E-state index in [9.17, 15) is 28.0 Å². The molecular formula is C52H53F3N10O6. The van der Waals surface area contributed by atoms with Gasteiger partial charge in [0.05, 0.1) is 53.4 Å². The molecule has 71 heavy (non-hydrogen) atoms. The number of amides is 3.